The van der Waals surface area contributed by atoms with E-state index in [0.717, 1.165) is 6.54 Å². The van der Waals surface area contributed by atoms with Gasteiger partial charge in [0.25, 0.3) is 5.56 Å². The third-order valence-corrected chi connectivity index (χ3v) is 3.75. The predicted octanol–water partition coefficient (Wildman–Crippen LogP) is 1.72. The van der Waals surface area contributed by atoms with Crippen molar-refractivity contribution in [3.8, 4) is 0 Å². The summed E-state index contributed by atoms with van der Waals surface area (Å²) in [4.78, 5) is 15.6. The second-order valence-electron chi connectivity index (χ2n) is 4.31. The fourth-order valence-corrected chi connectivity index (χ4v) is 2.73. The van der Waals surface area contributed by atoms with Gasteiger partial charge in [0.1, 0.15) is 5.84 Å². The minimum Gasteiger partial charge on any atom is -0.383 e. The molecule has 88 valence electrons. The van der Waals surface area contributed by atoms with Crippen molar-refractivity contribution in [2.24, 2.45) is 16.6 Å². The van der Waals surface area contributed by atoms with E-state index in [9.17, 15) is 4.79 Å². The normalized spacial score (nSPS) is 18.9. The summed E-state index contributed by atoms with van der Waals surface area (Å²) in [5.41, 5.74) is 6.18. The molecule has 4 nitrogen and oxygen atoms in total. The molecular weight excluding hydrogens is 222 g/mol. The van der Waals surface area contributed by atoms with Crippen LogP contribution in [0.2, 0.25) is 0 Å². The van der Waals surface area contributed by atoms with E-state index in [1.54, 1.807) is 5.38 Å². The fourth-order valence-electron chi connectivity index (χ4n) is 2.11. The van der Waals surface area contributed by atoms with Crippen LogP contribution in [-0.4, -0.2) is 16.8 Å². The minimum atomic E-state index is -0.130. The molecule has 0 aromatic carbocycles. The Morgan fingerprint density at radius 3 is 2.88 bits per heavy atom. The van der Waals surface area contributed by atoms with Crippen LogP contribution in [-0.2, 0) is 0 Å². The summed E-state index contributed by atoms with van der Waals surface area (Å²) < 4.78 is 2.61. The standard InChI is InChI=1S/C11H17N3OS/c12-10(9-7-16-14-11(9)15)13-6-8-4-2-1-3-5-8/h7-8H,1-6H2,(H2,12,13)(H,14,15). The van der Waals surface area contributed by atoms with Gasteiger partial charge >= 0.3 is 0 Å². The quantitative estimate of drug-likeness (QED) is 0.623. The average molecular weight is 239 g/mol. The number of hydrogen-bond donors (Lipinski definition) is 2. The van der Waals surface area contributed by atoms with Crippen molar-refractivity contribution < 1.29 is 0 Å². The minimum absolute atomic E-state index is 0.130. The molecule has 1 fully saturated rings. The first-order valence-corrected chi connectivity index (χ1v) is 6.62. The van der Waals surface area contributed by atoms with Gasteiger partial charge in [-0.25, -0.2) is 0 Å². The van der Waals surface area contributed by atoms with Gasteiger partial charge in [0.15, 0.2) is 0 Å². The Bertz CT molecular complexity index is 415. The van der Waals surface area contributed by atoms with Crippen LogP contribution in [0.15, 0.2) is 15.2 Å². The number of nitrogens with two attached hydrogens (primary N) is 1. The molecule has 1 saturated carbocycles. The summed E-state index contributed by atoms with van der Waals surface area (Å²) >= 11 is 1.26. The molecule has 0 radical (unpaired) electrons. The van der Waals surface area contributed by atoms with Crippen molar-refractivity contribution >= 4 is 17.4 Å². The first-order valence-electron chi connectivity index (χ1n) is 5.74. The van der Waals surface area contributed by atoms with Gasteiger partial charge < -0.3 is 5.73 Å². The molecule has 16 heavy (non-hydrogen) atoms. The van der Waals surface area contributed by atoms with Crippen LogP contribution in [0.25, 0.3) is 0 Å². The Balaban J connectivity index is 1.96. The monoisotopic (exact) mass is 239 g/mol. The van der Waals surface area contributed by atoms with Gasteiger partial charge in [0.05, 0.1) is 5.56 Å². The summed E-state index contributed by atoms with van der Waals surface area (Å²) in [6.45, 7) is 0.765. The third-order valence-electron chi connectivity index (χ3n) is 3.09. The third kappa shape index (κ3) is 2.72. The molecule has 1 heterocycles. The summed E-state index contributed by atoms with van der Waals surface area (Å²) in [6, 6.07) is 0. The molecule has 0 unspecified atom stereocenters. The lowest BCUT2D eigenvalue weighted by atomic mass is 9.89. The zero-order chi connectivity index (χ0) is 11.4. The lowest BCUT2D eigenvalue weighted by molar-refractivity contribution is 0.367. The Hall–Kier alpha value is -1.10. The summed E-state index contributed by atoms with van der Waals surface area (Å²) in [5, 5.41) is 1.72. The highest BCUT2D eigenvalue weighted by Crippen LogP contribution is 2.23. The molecule has 0 bridgehead atoms. The van der Waals surface area contributed by atoms with Crippen LogP contribution in [0, 0.1) is 5.92 Å². The van der Waals surface area contributed by atoms with Crippen LogP contribution < -0.4 is 11.3 Å². The van der Waals surface area contributed by atoms with Crippen molar-refractivity contribution in [1.82, 2.24) is 4.37 Å². The van der Waals surface area contributed by atoms with Crippen molar-refractivity contribution in [2.45, 2.75) is 32.1 Å². The van der Waals surface area contributed by atoms with Crippen molar-refractivity contribution in [2.75, 3.05) is 6.54 Å². The Morgan fingerprint density at radius 2 is 2.25 bits per heavy atom. The van der Waals surface area contributed by atoms with E-state index in [4.69, 9.17) is 5.73 Å². The van der Waals surface area contributed by atoms with E-state index in [-0.39, 0.29) is 5.56 Å². The summed E-state index contributed by atoms with van der Waals surface area (Å²) in [7, 11) is 0. The number of amidine groups is 1. The average Bonchev–Trinajstić information content (AvgIpc) is 2.74. The molecule has 1 aliphatic carbocycles. The van der Waals surface area contributed by atoms with Crippen molar-refractivity contribution in [1.29, 1.82) is 0 Å². The number of H-pyrrole nitrogens is 1. The molecule has 0 amide bonds. The molecule has 1 aromatic rings. The number of aliphatic imine (C=N–C) groups is 1. The first kappa shape index (κ1) is 11.4. The zero-order valence-electron chi connectivity index (χ0n) is 9.24. The molecule has 2 rings (SSSR count). The van der Waals surface area contributed by atoms with Crippen LogP contribution in [0.4, 0.5) is 0 Å². The Labute approximate surface area is 98.7 Å². The molecular formula is C11H17N3OS. The molecule has 3 N–H and O–H groups in total. The van der Waals surface area contributed by atoms with E-state index in [1.165, 1.54) is 43.6 Å². The van der Waals surface area contributed by atoms with Gasteiger partial charge in [-0.15, -0.1) is 0 Å². The molecule has 0 atom stereocenters. The van der Waals surface area contributed by atoms with Gasteiger partial charge in [-0.2, -0.15) is 0 Å². The largest absolute Gasteiger partial charge is 0.383 e. The second kappa shape index (κ2) is 5.30. The molecule has 0 saturated heterocycles. The first-order chi connectivity index (χ1) is 7.77. The van der Waals surface area contributed by atoms with E-state index >= 15 is 0 Å². The number of nitrogens with one attached hydrogen (secondary N) is 1. The van der Waals surface area contributed by atoms with E-state index < -0.39 is 0 Å². The van der Waals surface area contributed by atoms with Crippen LogP contribution in [0.1, 0.15) is 37.7 Å². The molecule has 1 aliphatic rings. The van der Waals surface area contributed by atoms with Crippen LogP contribution in [0.5, 0.6) is 0 Å². The van der Waals surface area contributed by atoms with Gasteiger partial charge in [-0.1, -0.05) is 30.8 Å². The maximum Gasteiger partial charge on any atom is 0.269 e. The predicted molar refractivity (Wildman–Crippen MR) is 67.1 cm³/mol. The molecule has 0 aliphatic heterocycles. The van der Waals surface area contributed by atoms with Crippen LogP contribution >= 0.6 is 11.5 Å². The highest BCUT2D eigenvalue weighted by molar-refractivity contribution is 7.03. The summed E-state index contributed by atoms with van der Waals surface area (Å²) in [6.07, 6.45) is 6.45. The number of hydrogen-bond acceptors (Lipinski definition) is 3. The molecule has 5 heteroatoms. The van der Waals surface area contributed by atoms with E-state index in [2.05, 4.69) is 9.37 Å². The topological polar surface area (TPSA) is 71.2 Å². The lowest BCUT2D eigenvalue weighted by Gasteiger charge is -2.19. The van der Waals surface area contributed by atoms with Crippen LogP contribution in [0.3, 0.4) is 0 Å². The van der Waals surface area contributed by atoms with Crippen molar-refractivity contribution in [3.05, 3.63) is 21.3 Å². The zero-order valence-corrected chi connectivity index (χ0v) is 10.1. The highest BCUT2D eigenvalue weighted by atomic mass is 32.1. The number of aromatic nitrogens is 1. The number of aromatic amines is 1. The van der Waals surface area contributed by atoms with Gasteiger partial charge in [0.2, 0.25) is 0 Å². The van der Waals surface area contributed by atoms with Gasteiger partial charge in [0, 0.05) is 11.9 Å². The summed E-state index contributed by atoms with van der Waals surface area (Å²) in [5.74, 6) is 1.04. The second-order valence-corrected chi connectivity index (χ2v) is 4.99. The number of rotatable bonds is 3. The van der Waals surface area contributed by atoms with Crippen molar-refractivity contribution in [3.63, 3.8) is 0 Å². The molecule has 0 spiro atoms. The highest BCUT2D eigenvalue weighted by Gasteiger charge is 2.13. The number of nitrogens with zero attached hydrogens (tertiary/aromatic N) is 1. The maximum atomic E-state index is 11.3. The van der Waals surface area contributed by atoms with Gasteiger partial charge in [-0.05, 0) is 18.8 Å². The smallest absolute Gasteiger partial charge is 0.269 e. The maximum absolute atomic E-state index is 11.3. The van der Waals surface area contributed by atoms with Gasteiger partial charge in [-0.3, -0.25) is 14.2 Å². The lowest BCUT2D eigenvalue weighted by Crippen LogP contribution is -2.22. The SMILES string of the molecule is NC(=NCC1CCCCC1)c1cs[nH]c1=O. The Morgan fingerprint density at radius 1 is 1.50 bits per heavy atom. The van der Waals surface area contributed by atoms with E-state index in [1.807, 2.05) is 0 Å². The Kier molecular flexibility index (Phi) is 3.77. The fraction of sp³-hybridized carbons (Fsp3) is 0.636. The molecule has 1 aromatic heterocycles. The van der Waals surface area contributed by atoms with E-state index in [0.29, 0.717) is 17.3 Å².